The second-order valence-corrected chi connectivity index (χ2v) is 5.53. The zero-order valence-electron chi connectivity index (χ0n) is 12.0. The number of nitrogens with zero attached hydrogens (tertiary/aromatic N) is 1. The summed E-state index contributed by atoms with van der Waals surface area (Å²) in [7, 11) is 0. The molecule has 106 valence electrons. The summed E-state index contributed by atoms with van der Waals surface area (Å²) in [5, 5.41) is 9.28. The number of hydrogen-bond donors (Lipinski definition) is 1. The van der Waals surface area contributed by atoms with Gasteiger partial charge >= 0.3 is 0 Å². The summed E-state index contributed by atoms with van der Waals surface area (Å²) >= 11 is 0. The maximum absolute atomic E-state index is 12.4. The van der Waals surface area contributed by atoms with Crippen LogP contribution in [0.5, 0.6) is 0 Å². The minimum absolute atomic E-state index is 0.00463. The number of nitrogens with one attached hydrogen (secondary N) is 1. The first-order valence-corrected chi connectivity index (χ1v) is 7.06. The molecule has 1 saturated heterocycles. The van der Waals surface area contributed by atoms with Crippen molar-refractivity contribution in [1.29, 1.82) is 5.26 Å². The number of hydrogen-bond acceptors (Lipinski definition) is 3. The first-order valence-electron chi connectivity index (χ1n) is 7.06. The molecule has 1 aliphatic heterocycles. The van der Waals surface area contributed by atoms with E-state index in [1.54, 1.807) is 0 Å². The number of benzene rings is 1. The highest BCUT2D eigenvalue weighted by molar-refractivity contribution is 5.89. The Hall–Kier alpha value is -1.70. The maximum atomic E-state index is 12.4. The molecule has 0 amide bonds. The number of ether oxygens (including phenoxy) is 1. The Kier molecular flexibility index (Phi) is 4.89. The SMILES string of the molecule is C[C@@H]1C[NH+](CC(=O)[C@H](C#N)c2ccccc2)C[C@@H](C)O1. The van der Waals surface area contributed by atoms with Gasteiger partial charge in [-0.15, -0.1) is 0 Å². The lowest BCUT2D eigenvalue weighted by Crippen LogP contribution is -3.16. The zero-order chi connectivity index (χ0) is 14.5. The number of morpholine rings is 1. The van der Waals surface area contributed by atoms with Crippen LogP contribution in [0.25, 0.3) is 0 Å². The summed E-state index contributed by atoms with van der Waals surface area (Å²) < 4.78 is 5.67. The van der Waals surface area contributed by atoms with Crippen molar-refractivity contribution in [1.82, 2.24) is 0 Å². The van der Waals surface area contributed by atoms with Crippen LogP contribution in [0.2, 0.25) is 0 Å². The molecule has 0 bridgehead atoms. The number of quaternary nitrogens is 1. The smallest absolute Gasteiger partial charge is 0.208 e. The minimum atomic E-state index is -0.655. The topological polar surface area (TPSA) is 54.5 Å². The highest BCUT2D eigenvalue weighted by atomic mass is 16.5. The second kappa shape index (κ2) is 6.65. The van der Waals surface area contributed by atoms with Crippen molar-refractivity contribution in [2.75, 3.05) is 19.6 Å². The Morgan fingerprint density at radius 3 is 2.50 bits per heavy atom. The molecule has 4 nitrogen and oxygen atoms in total. The Morgan fingerprint density at radius 1 is 1.35 bits per heavy atom. The maximum Gasteiger partial charge on any atom is 0.208 e. The molecule has 1 N–H and O–H groups in total. The van der Waals surface area contributed by atoms with E-state index in [2.05, 4.69) is 6.07 Å². The van der Waals surface area contributed by atoms with Crippen LogP contribution >= 0.6 is 0 Å². The van der Waals surface area contributed by atoms with Crippen molar-refractivity contribution in [2.24, 2.45) is 0 Å². The van der Waals surface area contributed by atoms with Crippen molar-refractivity contribution >= 4 is 5.78 Å². The quantitative estimate of drug-likeness (QED) is 0.872. The molecule has 2 rings (SSSR count). The molecular formula is C16H21N2O2+. The van der Waals surface area contributed by atoms with Gasteiger partial charge in [-0.2, -0.15) is 5.26 Å². The normalized spacial score (nSPS) is 27.6. The van der Waals surface area contributed by atoms with Gasteiger partial charge in [0.2, 0.25) is 5.78 Å². The number of ketones is 1. The van der Waals surface area contributed by atoms with Gasteiger partial charge in [0.1, 0.15) is 37.8 Å². The zero-order valence-corrected chi connectivity index (χ0v) is 12.0. The lowest BCUT2D eigenvalue weighted by Gasteiger charge is -2.32. The molecule has 0 unspecified atom stereocenters. The second-order valence-electron chi connectivity index (χ2n) is 5.53. The third-order valence-electron chi connectivity index (χ3n) is 3.63. The van der Waals surface area contributed by atoms with Crippen LogP contribution in [0, 0.1) is 11.3 Å². The fraction of sp³-hybridized carbons (Fsp3) is 0.500. The summed E-state index contributed by atoms with van der Waals surface area (Å²) in [4.78, 5) is 13.6. The van der Waals surface area contributed by atoms with Gasteiger partial charge in [-0.3, -0.25) is 4.79 Å². The van der Waals surface area contributed by atoms with Gasteiger partial charge in [-0.1, -0.05) is 30.3 Å². The molecule has 0 aromatic heterocycles. The lowest BCUT2D eigenvalue weighted by molar-refractivity contribution is -0.907. The average Bonchev–Trinajstić information content (AvgIpc) is 2.39. The molecule has 20 heavy (non-hydrogen) atoms. The van der Waals surface area contributed by atoms with Gasteiger partial charge in [0.05, 0.1) is 6.07 Å². The third kappa shape index (κ3) is 3.66. The van der Waals surface area contributed by atoms with Crippen LogP contribution in [0.3, 0.4) is 0 Å². The molecule has 0 spiro atoms. The molecule has 4 heteroatoms. The van der Waals surface area contributed by atoms with Crippen LogP contribution in [-0.4, -0.2) is 37.6 Å². The van der Waals surface area contributed by atoms with Gasteiger partial charge in [-0.05, 0) is 19.4 Å². The standard InChI is InChI=1S/C16H20N2O2/c1-12-9-18(10-13(2)20-12)11-16(19)15(8-17)14-6-4-3-5-7-14/h3-7,12-13,15H,9-11H2,1-2H3/p+1/t12-,13-,15-/m1/s1. The number of Topliss-reactive ketones (excluding diaryl/α,β-unsaturated/α-hetero) is 1. The molecule has 0 aliphatic carbocycles. The molecule has 0 saturated carbocycles. The first-order chi connectivity index (χ1) is 9.60. The first kappa shape index (κ1) is 14.7. The molecule has 3 atom stereocenters. The molecule has 1 aliphatic rings. The van der Waals surface area contributed by atoms with Crippen LogP contribution in [0.15, 0.2) is 30.3 Å². The van der Waals surface area contributed by atoms with Crippen molar-refractivity contribution in [3.63, 3.8) is 0 Å². The summed E-state index contributed by atoms with van der Waals surface area (Å²) in [6, 6.07) is 11.4. The highest BCUT2D eigenvalue weighted by Gasteiger charge is 2.30. The number of carbonyl (C=O) groups is 1. The van der Waals surface area contributed by atoms with Crippen molar-refractivity contribution in [2.45, 2.75) is 32.0 Å². The number of rotatable bonds is 4. The van der Waals surface area contributed by atoms with Gasteiger partial charge < -0.3 is 9.64 Å². The fourth-order valence-corrected chi connectivity index (χ4v) is 2.86. The van der Waals surface area contributed by atoms with E-state index >= 15 is 0 Å². The van der Waals surface area contributed by atoms with Gasteiger partial charge in [0.15, 0.2) is 0 Å². The van der Waals surface area contributed by atoms with Gasteiger partial charge in [-0.25, -0.2) is 0 Å². The lowest BCUT2D eigenvalue weighted by atomic mass is 9.95. The summed E-state index contributed by atoms with van der Waals surface area (Å²) in [6.45, 7) is 6.09. The Morgan fingerprint density at radius 2 is 1.95 bits per heavy atom. The van der Waals surface area contributed by atoms with Crippen molar-refractivity contribution < 1.29 is 14.4 Å². The number of nitriles is 1. The monoisotopic (exact) mass is 273 g/mol. The highest BCUT2D eigenvalue weighted by Crippen LogP contribution is 2.14. The average molecular weight is 273 g/mol. The summed E-state index contributed by atoms with van der Waals surface area (Å²) in [5.74, 6) is -0.660. The largest absolute Gasteiger partial charge is 0.364 e. The van der Waals surface area contributed by atoms with Crippen molar-refractivity contribution in [3.05, 3.63) is 35.9 Å². The van der Waals surface area contributed by atoms with Crippen LogP contribution in [0.4, 0.5) is 0 Å². The van der Waals surface area contributed by atoms with E-state index < -0.39 is 5.92 Å². The van der Waals surface area contributed by atoms with E-state index in [4.69, 9.17) is 4.74 Å². The van der Waals surface area contributed by atoms with E-state index in [0.29, 0.717) is 6.54 Å². The van der Waals surface area contributed by atoms with E-state index in [1.165, 1.54) is 4.90 Å². The molecule has 0 radical (unpaired) electrons. The Bertz CT molecular complexity index is 485. The summed E-state index contributed by atoms with van der Waals surface area (Å²) in [6.07, 6.45) is 0.331. The molecule has 1 aromatic rings. The summed E-state index contributed by atoms with van der Waals surface area (Å²) in [5.41, 5.74) is 0.786. The van der Waals surface area contributed by atoms with Crippen LogP contribution in [-0.2, 0) is 9.53 Å². The predicted octanol–water partition coefficient (Wildman–Crippen LogP) is 0.555. The van der Waals surface area contributed by atoms with E-state index in [9.17, 15) is 10.1 Å². The van der Waals surface area contributed by atoms with E-state index in [0.717, 1.165) is 18.7 Å². The third-order valence-corrected chi connectivity index (χ3v) is 3.63. The molecule has 1 fully saturated rings. The minimum Gasteiger partial charge on any atom is -0.364 e. The predicted molar refractivity (Wildman–Crippen MR) is 75.4 cm³/mol. The van der Waals surface area contributed by atoms with Gasteiger partial charge in [0, 0.05) is 0 Å². The van der Waals surface area contributed by atoms with Gasteiger partial charge in [0.25, 0.3) is 0 Å². The molecule has 1 aromatic carbocycles. The Balaban J connectivity index is 2.02. The van der Waals surface area contributed by atoms with Crippen LogP contribution in [0.1, 0.15) is 25.3 Å². The number of carbonyl (C=O) groups excluding carboxylic acids is 1. The van der Waals surface area contributed by atoms with Crippen LogP contribution < -0.4 is 4.90 Å². The van der Waals surface area contributed by atoms with E-state index in [1.807, 2.05) is 44.2 Å². The molecule has 1 heterocycles. The fourth-order valence-electron chi connectivity index (χ4n) is 2.86. The van der Waals surface area contributed by atoms with E-state index in [-0.39, 0.29) is 18.0 Å². The molecular weight excluding hydrogens is 252 g/mol. The van der Waals surface area contributed by atoms with Crippen molar-refractivity contribution in [3.8, 4) is 6.07 Å². The Labute approximate surface area is 120 Å².